The number of rotatable bonds is 4. The van der Waals surface area contributed by atoms with Crippen LogP contribution in [0.25, 0.3) is 0 Å². The van der Waals surface area contributed by atoms with E-state index in [4.69, 9.17) is 5.73 Å². The number of aryl methyl sites for hydroxylation is 2. The number of amides is 2. The molecule has 34 heavy (non-hydrogen) atoms. The van der Waals surface area contributed by atoms with Gasteiger partial charge in [-0.2, -0.15) is 13.2 Å². The fourth-order valence-corrected chi connectivity index (χ4v) is 3.86. The summed E-state index contributed by atoms with van der Waals surface area (Å²) in [6, 6.07) is 9.13. The lowest BCUT2D eigenvalue weighted by molar-refractivity contribution is -0.137. The third-order valence-electron chi connectivity index (χ3n) is 5.74. The largest absolute Gasteiger partial charge is 0.416 e. The van der Waals surface area contributed by atoms with Crippen LogP contribution >= 0.6 is 0 Å². The van der Waals surface area contributed by atoms with E-state index >= 15 is 0 Å². The first kappa shape index (κ1) is 23.2. The number of carbonyl (C=O) groups is 2. The van der Waals surface area contributed by atoms with Gasteiger partial charge in [0.25, 0.3) is 5.91 Å². The number of anilines is 3. The van der Waals surface area contributed by atoms with Crippen molar-refractivity contribution >= 4 is 29.1 Å². The Kier molecular flexibility index (Phi) is 6.23. The Morgan fingerprint density at radius 2 is 1.91 bits per heavy atom. The number of benzene rings is 2. The number of nitrogens with zero attached hydrogens (tertiary/aromatic N) is 2. The Morgan fingerprint density at radius 3 is 2.68 bits per heavy atom. The number of alkyl halides is 3. The average Bonchev–Trinajstić information content (AvgIpc) is 2.79. The molecule has 0 fully saturated rings. The smallest absolute Gasteiger partial charge is 0.368 e. The second kappa shape index (κ2) is 9.12. The maximum absolute atomic E-state index is 12.9. The molecule has 1 heterocycles. The van der Waals surface area contributed by atoms with Crippen molar-refractivity contribution in [3.8, 4) is 0 Å². The van der Waals surface area contributed by atoms with Crippen molar-refractivity contribution in [3.63, 3.8) is 0 Å². The van der Waals surface area contributed by atoms with Crippen LogP contribution in [0.3, 0.4) is 0 Å². The van der Waals surface area contributed by atoms with Crippen molar-refractivity contribution in [2.24, 2.45) is 5.92 Å². The van der Waals surface area contributed by atoms with Gasteiger partial charge >= 0.3 is 6.18 Å². The predicted octanol–water partition coefficient (Wildman–Crippen LogP) is 4.38. The quantitative estimate of drug-likeness (QED) is 0.525. The van der Waals surface area contributed by atoms with E-state index in [2.05, 4.69) is 20.6 Å². The summed E-state index contributed by atoms with van der Waals surface area (Å²) < 4.78 is 38.8. The molecule has 1 unspecified atom stereocenters. The van der Waals surface area contributed by atoms with E-state index in [0.29, 0.717) is 24.9 Å². The maximum Gasteiger partial charge on any atom is 0.416 e. The number of nitrogen functional groups attached to an aromatic ring is 1. The van der Waals surface area contributed by atoms with Gasteiger partial charge in [-0.3, -0.25) is 9.59 Å². The highest BCUT2D eigenvalue weighted by molar-refractivity contribution is 6.05. The van der Waals surface area contributed by atoms with Crippen molar-refractivity contribution < 1.29 is 22.8 Å². The third-order valence-corrected chi connectivity index (χ3v) is 5.74. The summed E-state index contributed by atoms with van der Waals surface area (Å²) in [5.41, 5.74) is 7.93. The molecule has 176 valence electrons. The first-order valence-corrected chi connectivity index (χ1v) is 10.6. The summed E-state index contributed by atoms with van der Waals surface area (Å²) in [6.07, 6.45) is -1.18. The van der Waals surface area contributed by atoms with Crippen LogP contribution in [0.15, 0.2) is 48.7 Å². The standard InChI is InChI=1S/C24H22F3N5O2/c1-13-5-6-15(21(33)30-18-4-2-3-17(11-18)24(25,26)27)10-20(13)31-22(34)14-7-8-19-16(9-14)12-29-23(28)32-19/h2-6,10-12,14H,7-9H2,1H3,(H,30,33)(H,31,34)(H2,28,29,32). The molecular weight excluding hydrogens is 447 g/mol. The predicted molar refractivity (Wildman–Crippen MR) is 121 cm³/mol. The lowest BCUT2D eigenvalue weighted by Crippen LogP contribution is -2.29. The molecule has 0 aliphatic heterocycles. The molecule has 0 saturated heterocycles. The van der Waals surface area contributed by atoms with Crippen molar-refractivity contribution in [2.75, 3.05) is 16.4 Å². The van der Waals surface area contributed by atoms with Crippen LogP contribution in [0.1, 0.15) is 39.2 Å². The van der Waals surface area contributed by atoms with Crippen LogP contribution in [-0.2, 0) is 23.8 Å². The average molecular weight is 469 g/mol. The molecule has 0 bridgehead atoms. The van der Waals surface area contributed by atoms with E-state index in [0.717, 1.165) is 29.0 Å². The zero-order valence-electron chi connectivity index (χ0n) is 18.2. The van der Waals surface area contributed by atoms with E-state index in [1.807, 2.05) is 0 Å². The first-order chi connectivity index (χ1) is 16.1. The molecule has 0 radical (unpaired) electrons. The summed E-state index contributed by atoms with van der Waals surface area (Å²) in [7, 11) is 0. The maximum atomic E-state index is 12.9. The van der Waals surface area contributed by atoms with Gasteiger partial charge in [-0.25, -0.2) is 9.97 Å². The molecule has 0 spiro atoms. The fourth-order valence-electron chi connectivity index (χ4n) is 3.86. The molecule has 4 rings (SSSR count). The Hall–Kier alpha value is -3.95. The summed E-state index contributed by atoms with van der Waals surface area (Å²) in [6.45, 7) is 1.79. The highest BCUT2D eigenvalue weighted by Gasteiger charge is 2.30. The van der Waals surface area contributed by atoms with E-state index in [1.54, 1.807) is 25.3 Å². The van der Waals surface area contributed by atoms with E-state index < -0.39 is 17.6 Å². The number of halogens is 3. The van der Waals surface area contributed by atoms with Crippen molar-refractivity contribution in [2.45, 2.75) is 32.4 Å². The number of fused-ring (bicyclic) bond motifs is 1. The van der Waals surface area contributed by atoms with Gasteiger partial charge in [0.05, 0.1) is 5.56 Å². The van der Waals surface area contributed by atoms with Gasteiger partial charge in [0.1, 0.15) is 0 Å². The lowest BCUT2D eigenvalue weighted by atomic mass is 9.86. The summed E-state index contributed by atoms with van der Waals surface area (Å²) in [4.78, 5) is 33.8. The number of nitrogens with two attached hydrogens (primary N) is 1. The molecule has 0 saturated carbocycles. The van der Waals surface area contributed by atoms with E-state index in [-0.39, 0.29) is 29.0 Å². The van der Waals surface area contributed by atoms with Crippen molar-refractivity contribution in [1.29, 1.82) is 0 Å². The second-order valence-corrected chi connectivity index (χ2v) is 8.19. The minimum absolute atomic E-state index is 0.0229. The molecular formula is C24H22F3N5O2. The summed E-state index contributed by atoms with van der Waals surface area (Å²) >= 11 is 0. The van der Waals surface area contributed by atoms with E-state index in [9.17, 15) is 22.8 Å². The topological polar surface area (TPSA) is 110 Å². The van der Waals surface area contributed by atoms with Crippen LogP contribution in [0.2, 0.25) is 0 Å². The van der Waals surface area contributed by atoms with Crippen molar-refractivity contribution in [3.05, 3.63) is 76.6 Å². The number of aromatic nitrogens is 2. The molecule has 1 aromatic heterocycles. The van der Waals surface area contributed by atoms with Gasteiger partial charge in [-0.05, 0) is 67.6 Å². The summed E-state index contributed by atoms with van der Waals surface area (Å²) in [5, 5.41) is 5.35. The number of hydrogen-bond acceptors (Lipinski definition) is 5. The fraction of sp³-hybridized carbons (Fsp3) is 0.250. The third kappa shape index (κ3) is 5.16. The molecule has 2 aromatic carbocycles. The van der Waals surface area contributed by atoms with Gasteiger partial charge in [0, 0.05) is 34.7 Å². The van der Waals surface area contributed by atoms with Crippen molar-refractivity contribution in [1.82, 2.24) is 9.97 Å². The lowest BCUT2D eigenvalue weighted by Gasteiger charge is -2.23. The van der Waals surface area contributed by atoms with Crippen LogP contribution in [0.5, 0.6) is 0 Å². The molecule has 10 heteroatoms. The molecule has 3 aromatic rings. The Bertz CT molecular complexity index is 1260. The second-order valence-electron chi connectivity index (χ2n) is 8.19. The zero-order valence-corrected chi connectivity index (χ0v) is 18.2. The molecule has 4 N–H and O–H groups in total. The minimum atomic E-state index is -4.51. The minimum Gasteiger partial charge on any atom is -0.368 e. The number of hydrogen-bond donors (Lipinski definition) is 3. The Morgan fingerprint density at radius 1 is 1.12 bits per heavy atom. The van der Waals surface area contributed by atoms with Gasteiger partial charge in [-0.15, -0.1) is 0 Å². The van der Waals surface area contributed by atoms with Gasteiger partial charge in [0.15, 0.2) is 0 Å². The van der Waals surface area contributed by atoms with Crippen LogP contribution in [0, 0.1) is 12.8 Å². The highest BCUT2D eigenvalue weighted by Crippen LogP contribution is 2.31. The van der Waals surface area contributed by atoms with Crippen LogP contribution in [0.4, 0.5) is 30.5 Å². The van der Waals surface area contributed by atoms with Gasteiger partial charge in [-0.1, -0.05) is 12.1 Å². The molecule has 1 aliphatic carbocycles. The highest BCUT2D eigenvalue weighted by atomic mass is 19.4. The zero-order chi connectivity index (χ0) is 24.5. The Labute approximate surface area is 193 Å². The molecule has 2 amide bonds. The van der Waals surface area contributed by atoms with Gasteiger partial charge < -0.3 is 16.4 Å². The molecule has 1 atom stereocenters. The number of carbonyl (C=O) groups excluding carboxylic acids is 2. The SMILES string of the molecule is Cc1ccc(C(=O)Nc2cccc(C(F)(F)F)c2)cc1NC(=O)C1CCc2nc(N)ncc2C1. The van der Waals surface area contributed by atoms with Gasteiger partial charge in [0.2, 0.25) is 11.9 Å². The monoisotopic (exact) mass is 469 g/mol. The van der Waals surface area contributed by atoms with Crippen LogP contribution < -0.4 is 16.4 Å². The van der Waals surface area contributed by atoms with E-state index in [1.165, 1.54) is 18.2 Å². The van der Waals surface area contributed by atoms with Crippen LogP contribution in [-0.4, -0.2) is 21.8 Å². The normalized spacial score (nSPS) is 15.4. The summed E-state index contributed by atoms with van der Waals surface area (Å²) in [5.74, 6) is -0.864. The number of nitrogens with one attached hydrogen (secondary N) is 2. The Balaban J connectivity index is 1.46. The molecule has 1 aliphatic rings. The first-order valence-electron chi connectivity index (χ1n) is 10.6. The molecule has 7 nitrogen and oxygen atoms in total.